The SMILES string of the molecule is CCN(CC)c1ccc(NS(=O)(=O)c2ccc(C(C)C)cc2)cn1. The summed E-state index contributed by atoms with van der Waals surface area (Å²) in [5.41, 5.74) is 1.57. The highest BCUT2D eigenvalue weighted by molar-refractivity contribution is 7.92. The normalized spacial score (nSPS) is 11.5. The van der Waals surface area contributed by atoms with Crippen LogP contribution in [0, 0.1) is 0 Å². The molecule has 6 heteroatoms. The third-order valence-corrected chi connectivity index (χ3v) is 5.34. The third kappa shape index (κ3) is 4.26. The molecule has 1 N–H and O–H groups in total. The van der Waals surface area contributed by atoms with Crippen molar-refractivity contribution in [3.05, 3.63) is 48.2 Å². The van der Waals surface area contributed by atoms with Gasteiger partial charge in [-0.2, -0.15) is 0 Å². The van der Waals surface area contributed by atoms with Crippen molar-refractivity contribution < 1.29 is 8.42 Å². The van der Waals surface area contributed by atoms with Gasteiger partial charge in [0.1, 0.15) is 5.82 Å². The van der Waals surface area contributed by atoms with E-state index in [2.05, 4.69) is 42.3 Å². The van der Waals surface area contributed by atoms with Crippen molar-refractivity contribution in [3.8, 4) is 0 Å². The first-order valence-electron chi connectivity index (χ1n) is 8.21. The molecular weight excluding hydrogens is 322 g/mol. The molecule has 0 atom stereocenters. The highest BCUT2D eigenvalue weighted by atomic mass is 32.2. The molecule has 0 radical (unpaired) electrons. The molecular formula is C18H25N3O2S. The van der Waals surface area contributed by atoms with E-state index in [-0.39, 0.29) is 4.90 Å². The number of hydrogen-bond acceptors (Lipinski definition) is 4. The lowest BCUT2D eigenvalue weighted by Crippen LogP contribution is -2.22. The minimum Gasteiger partial charge on any atom is -0.357 e. The molecule has 5 nitrogen and oxygen atoms in total. The zero-order chi connectivity index (χ0) is 17.7. The van der Waals surface area contributed by atoms with Gasteiger partial charge in [0, 0.05) is 13.1 Å². The maximum atomic E-state index is 12.5. The number of benzene rings is 1. The van der Waals surface area contributed by atoms with E-state index in [0.717, 1.165) is 24.5 Å². The second-order valence-corrected chi connectivity index (χ2v) is 7.59. The first-order chi connectivity index (χ1) is 11.4. The topological polar surface area (TPSA) is 62.3 Å². The highest BCUT2D eigenvalue weighted by Gasteiger charge is 2.15. The smallest absolute Gasteiger partial charge is 0.261 e. The molecule has 1 heterocycles. The second-order valence-electron chi connectivity index (χ2n) is 5.91. The molecule has 0 unspecified atom stereocenters. The van der Waals surface area contributed by atoms with E-state index in [9.17, 15) is 8.42 Å². The Kier molecular flexibility index (Phi) is 5.83. The van der Waals surface area contributed by atoms with Gasteiger partial charge in [-0.05, 0) is 49.6 Å². The van der Waals surface area contributed by atoms with E-state index in [1.165, 1.54) is 0 Å². The van der Waals surface area contributed by atoms with Gasteiger partial charge in [-0.1, -0.05) is 26.0 Å². The van der Waals surface area contributed by atoms with E-state index in [4.69, 9.17) is 0 Å². The molecule has 1 aromatic carbocycles. The molecule has 2 rings (SSSR count). The maximum absolute atomic E-state index is 12.5. The van der Waals surface area contributed by atoms with Gasteiger partial charge in [0.05, 0.1) is 16.8 Å². The van der Waals surface area contributed by atoms with Crippen LogP contribution < -0.4 is 9.62 Å². The monoisotopic (exact) mass is 347 g/mol. The molecule has 0 fully saturated rings. The van der Waals surface area contributed by atoms with Crippen LogP contribution >= 0.6 is 0 Å². The van der Waals surface area contributed by atoms with Crippen LogP contribution in [0.25, 0.3) is 0 Å². The Bertz CT molecular complexity index is 750. The van der Waals surface area contributed by atoms with E-state index in [1.807, 2.05) is 18.2 Å². The minimum absolute atomic E-state index is 0.250. The number of nitrogens with one attached hydrogen (secondary N) is 1. The first kappa shape index (κ1) is 18.3. The van der Waals surface area contributed by atoms with Gasteiger partial charge in [0.2, 0.25) is 0 Å². The fourth-order valence-electron chi connectivity index (χ4n) is 2.43. The van der Waals surface area contributed by atoms with Gasteiger partial charge in [-0.25, -0.2) is 13.4 Å². The molecule has 0 saturated heterocycles. The Labute approximate surface area is 144 Å². The van der Waals surface area contributed by atoms with Gasteiger partial charge in [-0.15, -0.1) is 0 Å². The molecule has 0 aliphatic carbocycles. The van der Waals surface area contributed by atoms with Crippen LogP contribution in [0.2, 0.25) is 0 Å². The summed E-state index contributed by atoms with van der Waals surface area (Å²) in [6.45, 7) is 9.98. The summed E-state index contributed by atoms with van der Waals surface area (Å²) in [4.78, 5) is 6.68. The van der Waals surface area contributed by atoms with Crippen LogP contribution in [-0.2, 0) is 10.0 Å². The van der Waals surface area contributed by atoms with E-state index in [1.54, 1.807) is 24.4 Å². The van der Waals surface area contributed by atoms with E-state index in [0.29, 0.717) is 11.6 Å². The maximum Gasteiger partial charge on any atom is 0.261 e. The van der Waals surface area contributed by atoms with Crippen LogP contribution in [0.3, 0.4) is 0 Å². The summed E-state index contributed by atoms with van der Waals surface area (Å²) in [5.74, 6) is 1.20. The van der Waals surface area contributed by atoms with Crippen molar-refractivity contribution >= 4 is 21.5 Å². The number of sulfonamides is 1. The Hall–Kier alpha value is -2.08. The summed E-state index contributed by atoms with van der Waals surface area (Å²) < 4.78 is 27.5. The predicted octanol–water partition coefficient (Wildman–Crippen LogP) is 3.85. The number of anilines is 2. The quantitative estimate of drug-likeness (QED) is 0.826. The molecule has 24 heavy (non-hydrogen) atoms. The Balaban J connectivity index is 2.16. The second kappa shape index (κ2) is 7.66. The van der Waals surface area contributed by atoms with Crippen LogP contribution in [-0.4, -0.2) is 26.5 Å². The van der Waals surface area contributed by atoms with Crippen molar-refractivity contribution in [2.24, 2.45) is 0 Å². The number of nitrogens with zero attached hydrogens (tertiary/aromatic N) is 2. The van der Waals surface area contributed by atoms with Crippen molar-refractivity contribution in [3.63, 3.8) is 0 Å². The average Bonchev–Trinajstić information content (AvgIpc) is 2.57. The Morgan fingerprint density at radius 2 is 1.67 bits per heavy atom. The Morgan fingerprint density at radius 1 is 1.04 bits per heavy atom. The standard InChI is InChI=1S/C18H25N3O2S/c1-5-21(6-2)18-12-9-16(13-19-18)20-24(22,23)17-10-7-15(8-11-17)14(3)4/h7-14,20H,5-6H2,1-4H3. The fraction of sp³-hybridized carbons (Fsp3) is 0.389. The van der Waals surface area contributed by atoms with Gasteiger partial charge in [0.15, 0.2) is 0 Å². The average molecular weight is 347 g/mol. The van der Waals surface area contributed by atoms with Crippen molar-refractivity contribution in [2.45, 2.75) is 38.5 Å². The van der Waals surface area contributed by atoms with E-state index >= 15 is 0 Å². The lowest BCUT2D eigenvalue weighted by molar-refractivity contribution is 0.601. The summed E-state index contributed by atoms with van der Waals surface area (Å²) >= 11 is 0. The first-order valence-corrected chi connectivity index (χ1v) is 9.69. The molecule has 130 valence electrons. The minimum atomic E-state index is -3.60. The number of hydrogen-bond donors (Lipinski definition) is 1. The van der Waals surface area contributed by atoms with Crippen molar-refractivity contribution in [1.29, 1.82) is 0 Å². The highest BCUT2D eigenvalue weighted by Crippen LogP contribution is 2.20. The van der Waals surface area contributed by atoms with Gasteiger partial charge < -0.3 is 4.90 Å². The third-order valence-electron chi connectivity index (χ3n) is 3.94. The fourth-order valence-corrected chi connectivity index (χ4v) is 3.47. The van der Waals surface area contributed by atoms with Crippen LogP contribution in [0.15, 0.2) is 47.5 Å². The molecule has 1 aromatic heterocycles. The number of aromatic nitrogens is 1. The molecule has 0 spiro atoms. The number of rotatable bonds is 7. The van der Waals surface area contributed by atoms with Gasteiger partial charge >= 0.3 is 0 Å². The molecule has 0 amide bonds. The molecule has 0 aliphatic rings. The van der Waals surface area contributed by atoms with Gasteiger partial charge in [0.25, 0.3) is 10.0 Å². The predicted molar refractivity (Wildman–Crippen MR) is 99.1 cm³/mol. The van der Waals surface area contributed by atoms with Crippen molar-refractivity contribution in [1.82, 2.24) is 4.98 Å². The molecule has 2 aromatic rings. The summed E-state index contributed by atoms with van der Waals surface area (Å²) in [7, 11) is -3.60. The molecule has 0 bridgehead atoms. The lowest BCUT2D eigenvalue weighted by atomic mass is 10.0. The summed E-state index contributed by atoms with van der Waals surface area (Å²) in [6.07, 6.45) is 1.55. The van der Waals surface area contributed by atoms with Crippen molar-refractivity contribution in [2.75, 3.05) is 22.7 Å². The van der Waals surface area contributed by atoms with Crippen LogP contribution in [0.4, 0.5) is 11.5 Å². The molecule has 0 saturated carbocycles. The summed E-state index contributed by atoms with van der Waals surface area (Å²) in [5, 5.41) is 0. The number of pyridine rings is 1. The lowest BCUT2D eigenvalue weighted by Gasteiger charge is -2.19. The van der Waals surface area contributed by atoms with Gasteiger partial charge in [-0.3, -0.25) is 4.72 Å². The van der Waals surface area contributed by atoms with E-state index < -0.39 is 10.0 Å². The zero-order valence-electron chi connectivity index (χ0n) is 14.7. The zero-order valence-corrected chi connectivity index (χ0v) is 15.5. The summed E-state index contributed by atoms with van der Waals surface area (Å²) in [6, 6.07) is 10.5. The van der Waals surface area contributed by atoms with Crippen LogP contribution in [0.5, 0.6) is 0 Å². The largest absolute Gasteiger partial charge is 0.357 e. The van der Waals surface area contributed by atoms with Crippen LogP contribution in [0.1, 0.15) is 39.2 Å². The Morgan fingerprint density at radius 3 is 2.12 bits per heavy atom. The molecule has 0 aliphatic heterocycles.